The largest absolute Gasteiger partial charge is 0.480 e. The van der Waals surface area contributed by atoms with E-state index in [1.165, 1.54) is 6.07 Å². The second-order valence-electron chi connectivity index (χ2n) is 5.66. The molecule has 0 saturated heterocycles. The third-order valence-corrected chi connectivity index (χ3v) is 3.88. The van der Waals surface area contributed by atoms with Gasteiger partial charge in [0, 0.05) is 17.5 Å². The van der Waals surface area contributed by atoms with Gasteiger partial charge in [0.15, 0.2) is 0 Å². The Morgan fingerprint density at radius 3 is 2.50 bits per heavy atom. The Morgan fingerprint density at radius 2 is 1.96 bits per heavy atom. The van der Waals surface area contributed by atoms with Gasteiger partial charge in [-0.3, -0.25) is 10.1 Å². The summed E-state index contributed by atoms with van der Waals surface area (Å²) in [6.45, 7) is 5.14. The van der Waals surface area contributed by atoms with Crippen molar-refractivity contribution in [3.8, 4) is 0 Å². The first kappa shape index (κ1) is 19.4. The minimum atomic E-state index is -1.13. The Balaban J connectivity index is 2.67. The second-order valence-corrected chi connectivity index (χ2v) is 5.66. The third-order valence-electron chi connectivity index (χ3n) is 3.88. The molecule has 0 spiro atoms. The number of carboxylic acids is 1. The fourth-order valence-electron chi connectivity index (χ4n) is 2.21. The van der Waals surface area contributed by atoms with E-state index in [9.17, 15) is 19.7 Å². The van der Waals surface area contributed by atoms with E-state index in [4.69, 9.17) is 9.84 Å². The van der Waals surface area contributed by atoms with E-state index >= 15 is 0 Å². The van der Waals surface area contributed by atoms with Crippen molar-refractivity contribution in [3.05, 3.63) is 39.9 Å². The number of hydrogen-bond acceptors (Lipinski definition) is 5. The lowest BCUT2D eigenvalue weighted by Gasteiger charge is -2.20. The molecule has 0 heterocycles. The van der Waals surface area contributed by atoms with Crippen LogP contribution in [0.5, 0.6) is 0 Å². The predicted molar refractivity (Wildman–Crippen MR) is 86.9 cm³/mol. The van der Waals surface area contributed by atoms with Crippen LogP contribution in [-0.2, 0) is 9.53 Å². The molecule has 1 unspecified atom stereocenters. The van der Waals surface area contributed by atoms with E-state index in [1.54, 1.807) is 32.0 Å². The molecule has 0 bridgehead atoms. The van der Waals surface area contributed by atoms with E-state index in [0.29, 0.717) is 12.0 Å². The second kappa shape index (κ2) is 8.85. The van der Waals surface area contributed by atoms with Gasteiger partial charge in [-0.25, -0.2) is 9.59 Å². The van der Waals surface area contributed by atoms with E-state index in [1.807, 2.05) is 6.92 Å². The van der Waals surface area contributed by atoms with E-state index in [-0.39, 0.29) is 18.2 Å². The van der Waals surface area contributed by atoms with Crippen LogP contribution in [0.15, 0.2) is 24.3 Å². The molecule has 0 aliphatic carbocycles. The van der Waals surface area contributed by atoms with Crippen LogP contribution in [-0.4, -0.2) is 34.7 Å². The molecule has 0 saturated carbocycles. The van der Waals surface area contributed by atoms with Crippen LogP contribution in [0.3, 0.4) is 0 Å². The molecule has 0 aliphatic heterocycles. The lowest BCUT2D eigenvalue weighted by Crippen LogP contribution is -2.45. The Bertz CT molecular complexity index is 604. The maximum absolute atomic E-state index is 11.8. The van der Waals surface area contributed by atoms with Gasteiger partial charge in [0.05, 0.1) is 4.92 Å². The molecule has 8 nitrogen and oxygen atoms in total. The van der Waals surface area contributed by atoms with Gasteiger partial charge in [-0.15, -0.1) is 0 Å². The minimum Gasteiger partial charge on any atom is -0.480 e. The van der Waals surface area contributed by atoms with Crippen LogP contribution >= 0.6 is 0 Å². The number of alkyl carbamates (subject to hydrolysis) is 1. The highest BCUT2D eigenvalue weighted by molar-refractivity contribution is 5.80. The molecule has 1 aromatic rings. The summed E-state index contributed by atoms with van der Waals surface area (Å²) in [6, 6.07) is 5.18. The van der Waals surface area contributed by atoms with Crippen LogP contribution in [0.25, 0.3) is 0 Å². The third kappa shape index (κ3) is 5.22. The molecular weight excluding hydrogens is 316 g/mol. The number of para-hydroxylation sites is 1. The SMILES string of the molecule is CC[C@H](C)[C@H](NC(=O)OCC(C)c1ccccc1[N+](=O)[O-])C(=O)O. The number of carbonyl (C=O) groups excluding carboxylic acids is 1. The molecule has 8 heteroatoms. The number of benzene rings is 1. The van der Waals surface area contributed by atoms with Gasteiger partial charge in [-0.2, -0.15) is 0 Å². The first-order valence-corrected chi connectivity index (χ1v) is 7.67. The van der Waals surface area contributed by atoms with Crippen LogP contribution in [0.2, 0.25) is 0 Å². The zero-order chi connectivity index (χ0) is 18.3. The summed E-state index contributed by atoms with van der Waals surface area (Å²) in [5.41, 5.74) is 0.407. The van der Waals surface area contributed by atoms with Gasteiger partial charge in [-0.05, 0) is 5.92 Å². The van der Waals surface area contributed by atoms with Gasteiger partial charge in [0.2, 0.25) is 0 Å². The highest BCUT2D eigenvalue weighted by Gasteiger charge is 2.26. The monoisotopic (exact) mass is 338 g/mol. The molecule has 0 aromatic heterocycles. The highest BCUT2D eigenvalue weighted by Crippen LogP contribution is 2.26. The van der Waals surface area contributed by atoms with Gasteiger partial charge in [0.25, 0.3) is 5.69 Å². The topological polar surface area (TPSA) is 119 Å². The van der Waals surface area contributed by atoms with Gasteiger partial charge < -0.3 is 15.2 Å². The number of nitrogens with zero attached hydrogens (tertiary/aromatic N) is 1. The van der Waals surface area contributed by atoms with Crippen LogP contribution in [0.4, 0.5) is 10.5 Å². The molecule has 1 amide bonds. The molecule has 0 aliphatic rings. The summed E-state index contributed by atoms with van der Waals surface area (Å²) in [5, 5.41) is 22.5. The number of aliphatic carboxylic acids is 1. The summed E-state index contributed by atoms with van der Waals surface area (Å²) in [6.07, 6.45) is -0.266. The molecule has 3 atom stereocenters. The number of nitro groups is 1. The zero-order valence-electron chi connectivity index (χ0n) is 13.9. The van der Waals surface area contributed by atoms with Crippen LogP contribution in [0, 0.1) is 16.0 Å². The molecule has 0 fully saturated rings. The van der Waals surface area contributed by atoms with Crippen LogP contribution in [0.1, 0.15) is 38.7 Å². The number of hydrogen-bond donors (Lipinski definition) is 2. The summed E-state index contributed by atoms with van der Waals surface area (Å²) in [7, 11) is 0. The van der Waals surface area contributed by atoms with Crippen molar-refractivity contribution in [2.45, 2.75) is 39.2 Å². The lowest BCUT2D eigenvalue weighted by molar-refractivity contribution is -0.385. The quantitative estimate of drug-likeness (QED) is 0.555. The number of ether oxygens (including phenoxy) is 1. The first-order valence-electron chi connectivity index (χ1n) is 7.67. The number of amides is 1. The van der Waals surface area contributed by atoms with Gasteiger partial charge >= 0.3 is 12.1 Å². The smallest absolute Gasteiger partial charge is 0.407 e. The normalized spacial score (nSPS) is 14.3. The number of nitro benzene ring substituents is 1. The maximum atomic E-state index is 11.8. The van der Waals surface area contributed by atoms with Crippen molar-refractivity contribution in [2.75, 3.05) is 6.61 Å². The maximum Gasteiger partial charge on any atom is 0.407 e. The fourth-order valence-corrected chi connectivity index (χ4v) is 2.21. The Hall–Kier alpha value is -2.64. The molecule has 2 N–H and O–H groups in total. The number of carbonyl (C=O) groups is 2. The Labute approximate surface area is 140 Å². The minimum absolute atomic E-state index is 0.0444. The van der Waals surface area contributed by atoms with E-state index in [0.717, 1.165) is 0 Å². The molecule has 1 rings (SSSR count). The fraction of sp³-hybridized carbons (Fsp3) is 0.500. The summed E-state index contributed by atoms with van der Waals surface area (Å²) in [4.78, 5) is 33.5. The van der Waals surface area contributed by atoms with Crippen molar-refractivity contribution in [1.82, 2.24) is 5.32 Å². The van der Waals surface area contributed by atoms with Gasteiger partial charge in [-0.1, -0.05) is 45.4 Å². The summed E-state index contributed by atoms with van der Waals surface area (Å²) < 4.78 is 5.03. The van der Waals surface area contributed by atoms with Crippen molar-refractivity contribution >= 4 is 17.7 Å². The summed E-state index contributed by atoms with van der Waals surface area (Å²) in [5.74, 6) is -1.78. The van der Waals surface area contributed by atoms with Crippen molar-refractivity contribution in [3.63, 3.8) is 0 Å². The molecule has 1 aromatic carbocycles. The standard InChI is InChI=1S/C16H22N2O6/c1-4-10(2)14(15(19)20)17-16(21)24-9-11(3)12-7-5-6-8-13(12)18(22)23/h5-8,10-11,14H,4,9H2,1-3H3,(H,17,21)(H,19,20)/t10-,11?,14-/m0/s1. The van der Waals surface area contributed by atoms with Crippen molar-refractivity contribution in [2.24, 2.45) is 5.92 Å². The van der Waals surface area contributed by atoms with Gasteiger partial charge in [0.1, 0.15) is 12.6 Å². The lowest BCUT2D eigenvalue weighted by atomic mass is 9.99. The molecule has 132 valence electrons. The van der Waals surface area contributed by atoms with E-state index < -0.39 is 28.9 Å². The Morgan fingerprint density at radius 1 is 1.33 bits per heavy atom. The predicted octanol–water partition coefficient (Wildman–Crippen LogP) is 2.92. The Kier molecular flexibility index (Phi) is 7.16. The van der Waals surface area contributed by atoms with E-state index in [2.05, 4.69) is 5.32 Å². The molecular formula is C16H22N2O6. The molecule has 0 radical (unpaired) electrons. The zero-order valence-corrected chi connectivity index (χ0v) is 13.9. The number of carboxylic acid groups (broad SMARTS) is 1. The summed E-state index contributed by atoms with van der Waals surface area (Å²) >= 11 is 0. The average Bonchev–Trinajstić information content (AvgIpc) is 2.56. The van der Waals surface area contributed by atoms with Crippen molar-refractivity contribution in [1.29, 1.82) is 0 Å². The first-order chi connectivity index (χ1) is 11.3. The molecule has 24 heavy (non-hydrogen) atoms. The number of rotatable bonds is 8. The highest BCUT2D eigenvalue weighted by atomic mass is 16.6. The number of nitrogens with one attached hydrogen (secondary N) is 1. The van der Waals surface area contributed by atoms with Crippen molar-refractivity contribution < 1.29 is 24.4 Å². The van der Waals surface area contributed by atoms with Crippen LogP contribution < -0.4 is 5.32 Å². The average molecular weight is 338 g/mol.